The van der Waals surface area contributed by atoms with Gasteiger partial charge in [0.25, 0.3) is 0 Å². The predicted molar refractivity (Wildman–Crippen MR) is 131 cm³/mol. The van der Waals surface area contributed by atoms with Crippen LogP contribution in [0.1, 0.15) is 31.9 Å². The molecule has 2 aromatic rings. The summed E-state index contributed by atoms with van der Waals surface area (Å²) in [5.41, 5.74) is 1.11. The van der Waals surface area contributed by atoms with Crippen molar-refractivity contribution in [3.8, 4) is 5.75 Å². The highest BCUT2D eigenvalue weighted by Gasteiger charge is 2.32. The molecule has 0 aliphatic heterocycles. The monoisotopic (exact) mass is 537 g/mol. The van der Waals surface area contributed by atoms with Crippen molar-refractivity contribution in [2.45, 2.75) is 58.1 Å². The van der Waals surface area contributed by atoms with Crippen LogP contribution in [0.15, 0.2) is 54.6 Å². The number of aliphatic carboxylic acids is 1. The van der Waals surface area contributed by atoms with E-state index in [2.05, 4.69) is 20.7 Å². The highest BCUT2D eigenvalue weighted by molar-refractivity contribution is 5.93. The van der Waals surface area contributed by atoms with E-state index in [1.807, 2.05) is 0 Å². The number of amides is 3. The second-order valence-electron chi connectivity index (χ2n) is 8.98. The summed E-state index contributed by atoms with van der Waals surface area (Å²) in [5, 5.41) is 16.7. The first-order valence-electron chi connectivity index (χ1n) is 11.8. The molecule has 0 fully saturated rings. The molecule has 0 aliphatic rings. The molecule has 0 heterocycles. The van der Waals surface area contributed by atoms with Crippen LogP contribution >= 0.6 is 0 Å². The average molecular weight is 538 g/mol. The molecular weight excluding hydrogens is 507 g/mol. The van der Waals surface area contributed by atoms with E-state index in [0.717, 1.165) is 17.7 Å². The second-order valence-corrected chi connectivity index (χ2v) is 8.98. The number of hydrogen-bond acceptors (Lipinski definition) is 5. The minimum atomic E-state index is -4.84. The Morgan fingerprint density at radius 3 is 1.97 bits per heavy atom. The maximum atomic E-state index is 13.1. The van der Waals surface area contributed by atoms with E-state index in [9.17, 15) is 32.3 Å². The lowest BCUT2D eigenvalue weighted by Gasteiger charge is -2.26. The SMILES string of the molecule is CC(C)[C@H](NC(=O)Cc1ccc(OC(F)(F)F)cc1)C(=O)N[C@@H](Cc1ccccc1)C(=O)N[C@@H](C)C(=O)O. The molecule has 0 unspecified atom stereocenters. The topological polar surface area (TPSA) is 134 Å². The number of carbonyl (C=O) groups excluding carboxylic acids is 3. The van der Waals surface area contributed by atoms with Gasteiger partial charge in [0.2, 0.25) is 17.7 Å². The van der Waals surface area contributed by atoms with Crippen molar-refractivity contribution in [3.05, 3.63) is 65.7 Å². The van der Waals surface area contributed by atoms with Crippen LogP contribution in [0.3, 0.4) is 0 Å². The van der Waals surface area contributed by atoms with E-state index in [4.69, 9.17) is 5.11 Å². The van der Waals surface area contributed by atoms with Crippen LogP contribution in [0.4, 0.5) is 13.2 Å². The average Bonchev–Trinajstić information content (AvgIpc) is 2.82. The zero-order valence-corrected chi connectivity index (χ0v) is 21.0. The number of ether oxygens (including phenoxy) is 1. The summed E-state index contributed by atoms with van der Waals surface area (Å²) >= 11 is 0. The van der Waals surface area contributed by atoms with E-state index in [1.54, 1.807) is 44.2 Å². The number of hydrogen-bond donors (Lipinski definition) is 4. The maximum Gasteiger partial charge on any atom is 0.573 e. The number of carboxylic acid groups (broad SMARTS) is 1. The first-order valence-corrected chi connectivity index (χ1v) is 11.8. The molecule has 0 aliphatic carbocycles. The van der Waals surface area contributed by atoms with E-state index in [1.165, 1.54) is 19.1 Å². The Bertz CT molecular complexity index is 1110. The van der Waals surface area contributed by atoms with Gasteiger partial charge in [-0.3, -0.25) is 19.2 Å². The van der Waals surface area contributed by atoms with Gasteiger partial charge in [-0.25, -0.2) is 0 Å². The smallest absolute Gasteiger partial charge is 0.480 e. The van der Waals surface area contributed by atoms with Gasteiger partial charge in [0, 0.05) is 6.42 Å². The van der Waals surface area contributed by atoms with E-state index >= 15 is 0 Å². The normalized spacial score (nSPS) is 13.7. The molecule has 4 N–H and O–H groups in total. The summed E-state index contributed by atoms with van der Waals surface area (Å²) in [6.45, 7) is 4.67. The number of benzene rings is 2. The summed E-state index contributed by atoms with van der Waals surface area (Å²) in [5.74, 6) is -3.98. The summed E-state index contributed by atoms with van der Waals surface area (Å²) in [4.78, 5) is 49.8. The summed E-state index contributed by atoms with van der Waals surface area (Å²) in [7, 11) is 0. The fourth-order valence-electron chi connectivity index (χ4n) is 3.45. The molecule has 2 aromatic carbocycles. The Hall–Kier alpha value is -4.09. The van der Waals surface area contributed by atoms with Crippen molar-refractivity contribution in [3.63, 3.8) is 0 Å². The summed E-state index contributed by atoms with van der Waals surface area (Å²) < 4.78 is 40.8. The molecule has 0 radical (unpaired) electrons. The van der Waals surface area contributed by atoms with Gasteiger partial charge < -0.3 is 25.8 Å². The van der Waals surface area contributed by atoms with Gasteiger partial charge in [-0.15, -0.1) is 13.2 Å². The zero-order chi connectivity index (χ0) is 28.5. The van der Waals surface area contributed by atoms with Gasteiger partial charge in [-0.05, 0) is 36.1 Å². The molecule has 0 bridgehead atoms. The lowest BCUT2D eigenvalue weighted by atomic mass is 10.0. The molecule has 206 valence electrons. The highest BCUT2D eigenvalue weighted by atomic mass is 19.4. The van der Waals surface area contributed by atoms with Crippen molar-refractivity contribution < 1.29 is 42.2 Å². The number of carboxylic acids is 1. The molecule has 3 atom stereocenters. The molecular formula is C26H30F3N3O6. The van der Waals surface area contributed by atoms with E-state index in [0.29, 0.717) is 5.56 Å². The number of rotatable bonds is 12. The van der Waals surface area contributed by atoms with Crippen LogP contribution in [-0.4, -0.2) is 53.3 Å². The molecule has 0 saturated carbocycles. The second kappa shape index (κ2) is 13.5. The Morgan fingerprint density at radius 1 is 0.842 bits per heavy atom. The Kier molecular flexibility index (Phi) is 10.7. The summed E-state index contributed by atoms with van der Waals surface area (Å²) in [6.07, 6.45) is -4.97. The molecule has 0 saturated heterocycles. The Balaban J connectivity index is 2.10. The molecule has 9 nitrogen and oxygen atoms in total. The number of halogens is 3. The standard InChI is InChI=1S/C26H30F3N3O6/c1-15(2)22(32-21(33)14-18-9-11-19(12-10-18)38-26(27,28)29)24(35)31-20(13-17-7-5-4-6-8-17)23(34)30-16(3)25(36)37/h4-12,15-16,20,22H,13-14H2,1-3H3,(H,30,34)(H,31,35)(H,32,33)(H,36,37)/t16-,20-,22-/m0/s1. The van der Waals surface area contributed by atoms with Gasteiger partial charge in [0.05, 0.1) is 6.42 Å². The van der Waals surface area contributed by atoms with Crippen LogP contribution in [0.5, 0.6) is 5.75 Å². The van der Waals surface area contributed by atoms with Gasteiger partial charge in [0.15, 0.2) is 0 Å². The predicted octanol–water partition coefficient (Wildman–Crippen LogP) is 2.59. The number of alkyl halides is 3. The molecule has 12 heteroatoms. The molecule has 3 amide bonds. The minimum Gasteiger partial charge on any atom is -0.480 e. The first kappa shape index (κ1) is 30.1. The highest BCUT2D eigenvalue weighted by Crippen LogP contribution is 2.22. The fraction of sp³-hybridized carbons (Fsp3) is 0.385. The third kappa shape index (κ3) is 10.1. The van der Waals surface area contributed by atoms with Crippen molar-refractivity contribution in [1.82, 2.24) is 16.0 Å². The first-order chi connectivity index (χ1) is 17.7. The third-order valence-electron chi connectivity index (χ3n) is 5.43. The van der Waals surface area contributed by atoms with Crippen molar-refractivity contribution in [1.29, 1.82) is 0 Å². The van der Waals surface area contributed by atoms with Crippen LogP contribution in [0, 0.1) is 5.92 Å². The quantitative estimate of drug-likeness (QED) is 0.329. The molecule has 2 rings (SSSR count). The number of nitrogens with one attached hydrogen (secondary N) is 3. The van der Waals surface area contributed by atoms with Gasteiger partial charge in [0.1, 0.15) is 23.9 Å². The van der Waals surface area contributed by atoms with E-state index < -0.39 is 53.9 Å². The third-order valence-corrected chi connectivity index (χ3v) is 5.43. The molecule has 0 aromatic heterocycles. The van der Waals surface area contributed by atoms with Gasteiger partial charge >= 0.3 is 12.3 Å². The van der Waals surface area contributed by atoms with Crippen molar-refractivity contribution >= 4 is 23.7 Å². The molecule has 38 heavy (non-hydrogen) atoms. The zero-order valence-electron chi connectivity index (χ0n) is 21.0. The van der Waals surface area contributed by atoms with Crippen molar-refractivity contribution in [2.24, 2.45) is 5.92 Å². The Morgan fingerprint density at radius 2 is 1.45 bits per heavy atom. The largest absolute Gasteiger partial charge is 0.573 e. The van der Waals surface area contributed by atoms with Crippen LogP contribution in [-0.2, 0) is 32.0 Å². The molecule has 0 spiro atoms. The Labute approximate surface area is 217 Å². The summed E-state index contributed by atoms with van der Waals surface area (Å²) in [6, 6.07) is 10.2. The minimum absolute atomic E-state index is 0.0792. The van der Waals surface area contributed by atoms with Crippen LogP contribution in [0.25, 0.3) is 0 Å². The fourth-order valence-corrected chi connectivity index (χ4v) is 3.45. The van der Waals surface area contributed by atoms with E-state index in [-0.39, 0.29) is 18.8 Å². The van der Waals surface area contributed by atoms with Gasteiger partial charge in [-0.2, -0.15) is 0 Å². The lowest BCUT2D eigenvalue weighted by molar-refractivity contribution is -0.274. The van der Waals surface area contributed by atoms with Crippen LogP contribution in [0.2, 0.25) is 0 Å². The van der Waals surface area contributed by atoms with Crippen LogP contribution < -0.4 is 20.7 Å². The lowest BCUT2D eigenvalue weighted by Crippen LogP contribution is -2.57. The van der Waals surface area contributed by atoms with Crippen molar-refractivity contribution in [2.75, 3.05) is 0 Å². The van der Waals surface area contributed by atoms with Gasteiger partial charge in [-0.1, -0.05) is 56.3 Å². The maximum absolute atomic E-state index is 13.1. The number of carbonyl (C=O) groups is 4.